The van der Waals surface area contributed by atoms with Crippen LogP contribution in [0.1, 0.15) is 19.3 Å². The van der Waals surface area contributed by atoms with Crippen molar-refractivity contribution < 1.29 is 4.79 Å². The third-order valence-electron chi connectivity index (χ3n) is 5.11. The van der Waals surface area contributed by atoms with Gasteiger partial charge in [-0.3, -0.25) is 9.78 Å². The number of pyridine rings is 1. The number of nitrogens with one attached hydrogen (secondary N) is 1. The van der Waals surface area contributed by atoms with Crippen molar-refractivity contribution >= 4 is 11.7 Å². The Morgan fingerprint density at radius 1 is 1.12 bits per heavy atom. The summed E-state index contributed by atoms with van der Waals surface area (Å²) in [5.74, 6) is 1.74. The lowest BCUT2D eigenvalue weighted by Crippen LogP contribution is -2.52. The van der Waals surface area contributed by atoms with Crippen molar-refractivity contribution in [2.45, 2.75) is 19.3 Å². The SMILES string of the molecule is O=C(NCC1CN(c2ccc(-c3ccncc3)nn2)C1)C1CC=CCC1. The van der Waals surface area contributed by atoms with E-state index in [0.29, 0.717) is 5.92 Å². The first-order valence-electron chi connectivity index (χ1n) is 9.21. The van der Waals surface area contributed by atoms with Gasteiger partial charge in [0.2, 0.25) is 5.91 Å². The van der Waals surface area contributed by atoms with Gasteiger partial charge in [-0.25, -0.2) is 0 Å². The second-order valence-corrected chi connectivity index (χ2v) is 7.01. The second kappa shape index (κ2) is 7.64. The fourth-order valence-electron chi connectivity index (χ4n) is 3.48. The Kier molecular flexibility index (Phi) is 4.91. The minimum Gasteiger partial charge on any atom is -0.355 e. The highest BCUT2D eigenvalue weighted by molar-refractivity contribution is 5.79. The van der Waals surface area contributed by atoms with Crippen LogP contribution in [0.15, 0.2) is 48.8 Å². The molecule has 4 rings (SSSR count). The van der Waals surface area contributed by atoms with Crippen LogP contribution >= 0.6 is 0 Å². The largest absolute Gasteiger partial charge is 0.355 e. The van der Waals surface area contributed by atoms with Gasteiger partial charge >= 0.3 is 0 Å². The molecule has 0 aromatic carbocycles. The highest BCUT2D eigenvalue weighted by Crippen LogP contribution is 2.24. The van der Waals surface area contributed by atoms with E-state index in [0.717, 1.165) is 56.0 Å². The molecular weight excluding hydrogens is 326 g/mol. The van der Waals surface area contributed by atoms with Gasteiger partial charge in [-0.15, -0.1) is 10.2 Å². The smallest absolute Gasteiger partial charge is 0.223 e. The van der Waals surface area contributed by atoms with Gasteiger partial charge in [0.05, 0.1) is 5.69 Å². The number of hydrogen-bond donors (Lipinski definition) is 1. The quantitative estimate of drug-likeness (QED) is 0.840. The van der Waals surface area contributed by atoms with Crippen LogP contribution in [-0.4, -0.2) is 40.7 Å². The molecule has 0 radical (unpaired) electrons. The van der Waals surface area contributed by atoms with Crippen LogP contribution in [0.5, 0.6) is 0 Å². The molecule has 6 heteroatoms. The molecule has 1 unspecified atom stereocenters. The van der Waals surface area contributed by atoms with Crippen molar-refractivity contribution in [3.63, 3.8) is 0 Å². The van der Waals surface area contributed by atoms with Gasteiger partial charge in [0, 0.05) is 49.4 Å². The lowest BCUT2D eigenvalue weighted by molar-refractivity contribution is -0.125. The molecule has 2 aromatic heterocycles. The first kappa shape index (κ1) is 16.7. The molecule has 1 atom stereocenters. The minimum atomic E-state index is 0.155. The van der Waals surface area contributed by atoms with E-state index in [-0.39, 0.29) is 11.8 Å². The van der Waals surface area contributed by atoms with E-state index in [2.05, 4.69) is 37.6 Å². The second-order valence-electron chi connectivity index (χ2n) is 7.01. The maximum absolute atomic E-state index is 12.2. The molecule has 6 nitrogen and oxygen atoms in total. The number of rotatable bonds is 5. The summed E-state index contributed by atoms with van der Waals surface area (Å²) in [5.41, 5.74) is 1.86. The lowest BCUT2D eigenvalue weighted by atomic mass is 9.93. The summed E-state index contributed by atoms with van der Waals surface area (Å²) in [6.45, 7) is 2.57. The zero-order valence-electron chi connectivity index (χ0n) is 14.7. The zero-order chi connectivity index (χ0) is 17.8. The van der Waals surface area contributed by atoms with Crippen molar-refractivity contribution in [3.05, 3.63) is 48.8 Å². The van der Waals surface area contributed by atoms with Crippen LogP contribution < -0.4 is 10.2 Å². The predicted octanol–water partition coefficient (Wildman–Crippen LogP) is 2.45. The summed E-state index contributed by atoms with van der Waals surface area (Å²) in [7, 11) is 0. The summed E-state index contributed by atoms with van der Waals surface area (Å²) in [4.78, 5) is 18.4. The molecule has 1 N–H and O–H groups in total. The van der Waals surface area contributed by atoms with Gasteiger partial charge in [0.25, 0.3) is 0 Å². The van der Waals surface area contributed by atoms with Crippen molar-refractivity contribution in [2.75, 3.05) is 24.5 Å². The van der Waals surface area contributed by atoms with Gasteiger partial charge in [-0.1, -0.05) is 12.2 Å². The van der Waals surface area contributed by atoms with Crippen LogP contribution in [0.25, 0.3) is 11.3 Å². The summed E-state index contributed by atoms with van der Waals surface area (Å²) in [6.07, 6.45) is 10.7. The minimum absolute atomic E-state index is 0.155. The van der Waals surface area contributed by atoms with Gasteiger partial charge in [0.1, 0.15) is 0 Å². The molecule has 134 valence electrons. The Morgan fingerprint density at radius 3 is 2.65 bits per heavy atom. The summed E-state index contributed by atoms with van der Waals surface area (Å²) in [5, 5.41) is 11.8. The van der Waals surface area contributed by atoms with E-state index >= 15 is 0 Å². The number of nitrogens with zero attached hydrogens (tertiary/aromatic N) is 4. The van der Waals surface area contributed by atoms with Crippen LogP contribution in [0.4, 0.5) is 5.82 Å². The van der Waals surface area contributed by atoms with Gasteiger partial charge in [-0.2, -0.15) is 0 Å². The number of carbonyl (C=O) groups is 1. The number of hydrogen-bond acceptors (Lipinski definition) is 5. The number of anilines is 1. The normalized spacial score (nSPS) is 19.8. The molecule has 1 fully saturated rings. The molecule has 0 bridgehead atoms. The number of carbonyl (C=O) groups excluding carboxylic acids is 1. The molecule has 2 aliphatic rings. The van der Waals surface area contributed by atoms with Crippen molar-refractivity contribution in [3.8, 4) is 11.3 Å². The highest BCUT2D eigenvalue weighted by atomic mass is 16.1. The van der Waals surface area contributed by atoms with Gasteiger partial charge < -0.3 is 10.2 Å². The number of amides is 1. The van der Waals surface area contributed by atoms with E-state index in [1.807, 2.05) is 24.3 Å². The maximum atomic E-state index is 12.2. The van der Waals surface area contributed by atoms with Gasteiger partial charge in [0.15, 0.2) is 5.82 Å². The van der Waals surface area contributed by atoms with Crippen LogP contribution in [0.2, 0.25) is 0 Å². The Labute approximate surface area is 153 Å². The Bertz CT molecular complexity index is 769. The zero-order valence-corrected chi connectivity index (χ0v) is 14.7. The Balaban J connectivity index is 1.24. The fourth-order valence-corrected chi connectivity index (χ4v) is 3.48. The molecule has 1 aliphatic carbocycles. The molecule has 1 saturated heterocycles. The Morgan fingerprint density at radius 2 is 1.96 bits per heavy atom. The third kappa shape index (κ3) is 3.74. The van der Waals surface area contributed by atoms with E-state index in [9.17, 15) is 4.79 Å². The van der Waals surface area contributed by atoms with E-state index < -0.39 is 0 Å². The molecule has 2 aromatic rings. The monoisotopic (exact) mass is 349 g/mol. The first-order chi connectivity index (χ1) is 12.8. The number of allylic oxidation sites excluding steroid dienone is 2. The third-order valence-corrected chi connectivity index (χ3v) is 5.11. The first-order valence-corrected chi connectivity index (χ1v) is 9.21. The van der Waals surface area contributed by atoms with Crippen molar-refractivity contribution in [1.29, 1.82) is 0 Å². The standard InChI is InChI=1S/C20H23N5O/c26-20(17-4-2-1-3-5-17)22-12-15-13-25(14-15)19-7-6-18(23-24-19)16-8-10-21-11-9-16/h1-2,6-11,15,17H,3-5,12-14H2,(H,22,26). The van der Waals surface area contributed by atoms with Crippen LogP contribution in [0, 0.1) is 11.8 Å². The predicted molar refractivity (Wildman–Crippen MR) is 100 cm³/mol. The van der Waals surface area contributed by atoms with E-state index in [4.69, 9.17) is 0 Å². The van der Waals surface area contributed by atoms with Gasteiger partial charge in [-0.05, 0) is 43.5 Å². The van der Waals surface area contributed by atoms with Crippen LogP contribution in [0.3, 0.4) is 0 Å². The highest BCUT2D eigenvalue weighted by Gasteiger charge is 2.29. The molecule has 0 spiro atoms. The fraction of sp³-hybridized carbons (Fsp3) is 0.400. The van der Waals surface area contributed by atoms with Crippen molar-refractivity contribution in [2.24, 2.45) is 11.8 Å². The lowest BCUT2D eigenvalue weighted by Gasteiger charge is -2.40. The number of aromatic nitrogens is 3. The van der Waals surface area contributed by atoms with E-state index in [1.54, 1.807) is 12.4 Å². The summed E-state index contributed by atoms with van der Waals surface area (Å²) < 4.78 is 0. The van der Waals surface area contributed by atoms with Crippen LogP contribution in [-0.2, 0) is 4.79 Å². The Hall–Kier alpha value is -2.76. The average molecular weight is 349 g/mol. The van der Waals surface area contributed by atoms with Crippen molar-refractivity contribution in [1.82, 2.24) is 20.5 Å². The topological polar surface area (TPSA) is 71.0 Å². The maximum Gasteiger partial charge on any atom is 0.223 e. The molecular formula is C20H23N5O. The average Bonchev–Trinajstić information content (AvgIpc) is 2.68. The molecule has 0 saturated carbocycles. The molecule has 1 aliphatic heterocycles. The summed E-state index contributed by atoms with van der Waals surface area (Å²) >= 11 is 0. The molecule has 1 amide bonds. The summed E-state index contributed by atoms with van der Waals surface area (Å²) in [6, 6.07) is 7.84. The molecule has 26 heavy (non-hydrogen) atoms. The molecule has 3 heterocycles. The van der Waals surface area contributed by atoms with E-state index in [1.165, 1.54) is 0 Å².